The minimum Gasteiger partial charge on any atom is -0.388 e. The fraction of sp³-hybridized carbons (Fsp3) is 0.250. The summed E-state index contributed by atoms with van der Waals surface area (Å²) in [7, 11) is 1.91. The number of benzene rings is 1. The standard InChI is InChI=1S/C12H14N4S3/c1-13-8-5-4-6-9(7-8)19-12-15-10(17-2)14-11(16-12)18-3/h4-7,13H,1-3H3. The summed E-state index contributed by atoms with van der Waals surface area (Å²) < 4.78 is 0. The highest BCUT2D eigenvalue weighted by Crippen LogP contribution is 2.28. The third-order valence-electron chi connectivity index (χ3n) is 2.27. The molecule has 0 bridgehead atoms. The molecule has 0 saturated heterocycles. The Morgan fingerprint density at radius 1 is 0.947 bits per heavy atom. The molecular formula is C12H14N4S3. The molecule has 0 unspecified atom stereocenters. The second-order valence-electron chi connectivity index (χ2n) is 3.47. The van der Waals surface area contributed by atoms with E-state index in [1.807, 2.05) is 37.8 Å². The normalized spacial score (nSPS) is 10.5. The van der Waals surface area contributed by atoms with E-state index >= 15 is 0 Å². The number of thioether (sulfide) groups is 2. The molecule has 0 spiro atoms. The van der Waals surface area contributed by atoms with Gasteiger partial charge in [-0.25, -0.2) is 0 Å². The van der Waals surface area contributed by atoms with Gasteiger partial charge in [-0.1, -0.05) is 29.6 Å². The maximum atomic E-state index is 4.42. The van der Waals surface area contributed by atoms with Gasteiger partial charge in [0.2, 0.25) is 0 Å². The molecule has 7 heteroatoms. The number of nitrogens with zero attached hydrogens (tertiary/aromatic N) is 3. The predicted octanol–water partition coefficient (Wildman–Crippen LogP) is 3.51. The molecule has 0 aliphatic heterocycles. The number of hydrogen-bond donors (Lipinski definition) is 1. The second kappa shape index (κ2) is 7.02. The number of nitrogens with one attached hydrogen (secondary N) is 1. The van der Waals surface area contributed by atoms with E-state index in [0.717, 1.165) is 26.1 Å². The van der Waals surface area contributed by atoms with Crippen molar-refractivity contribution in [2.24, 2.45) is 0 Å². The van der Waals surface area contributed by atoms with Crippen molar-refractivity contribution in [2.45, 2.75) is 20.4 Å². The van der Waals surface area contributed by atoms with E-state index < -0.39 is 0 Å². The summed E-state index contributed by atoms with van der Waals surface area (Å²) in [6.07, 6.45) is 3.94. The molecule has 0 aliphatic carbocycles. The highest BCUT2D eigenvalue weighted by Gasteiger charge is 2.07. The summed E-state index contributed by atoms with van der Waals surface area (Å²) in [4.78, 5) is 14.3. The Hall–Kier alpha value is -0.920. The first-order chi connectivity index (χ1) is 9.25. The van der Waals surface area contributed by atoms with Gasteiger partial charge in [-0.3, -0.25) is 0 Å². The minimum absolute atomic E-state index is 0.733. The number of hydrogen-bond acceptors (Lipinski definition) is 7. The highest BCUT2D eigenvalue weighted by atomic mass is 32.2. The molecular weight excluding hydrogens is 296 g/mol. The molecule has 1 aromatic heterocycles. The average molecular weight is 310 g/mol. The van der Waals surface area contributed by atoms with E-state index in [1.54, 1.807) is 11.8 Å². The number of aromatic nitrogens is 3. The number of anilines is 1. The minimum atomic E-state index is 0.733. The lowest BCUT2D eigenvalue weighted by molar-refractivity contribution is 0.719. The Kier molecular flexibility index (Phi) is 5.35. The molecule has 1 heterocycles. The molecule has 0 radical (unpaired) electrons. The molecule has 19 heavy (non-hydrogen) atoms. The van der Waals surface area contributed by atoms with Crippen molar-refractivity contribution in [3.8, 4) is 0 Å². The van der Waals surface area contributed by atoms with Crippen LogP contribution in [0.15, 0.2) is 44.6 Å². The Bertz CT molecular complexity index is 540. The van der Waals surface area contributed by atoms with Crippen molar-refractivity contribution in [1.82, 2.24) is 15.0 Å². The van der Waals surface area contributed by atoms with Gasteiger partial charge in [0, 0.05) is 17.6 Å². The maximum absolute atomic E-state index is 4.42. The van der Waals surface area contributed by atoms with E-state index in [2.05, 4.69) is 26.3 Å². The Morgan fingerprint density at radius 3 is 2.16 bits per heavy atom. The van der Waals surface area contributed by atoms with Crippen LogP contribution in [-0.4, -0.2) is 34.5 Å². The Balaban J connectivity index is 2.26. The zero-order valence-electron chi connectivity index (χ0n) is 10.9. The van der Waals surface area contributed by atoms with Gasteiger partial charge in [0.05, 0.1) is 0 Å². The van der Waals surface area contributed by atoms with Gasteiger partial charge >= 0.3 is 0 Å². The summed E-state index contributed by atoms with van der Waals surface area (Å²) in [6.45, 7) is 0. The van der Waals surface area contributed by atoms with Gasteiger partial charge < -0.3 is 5.32 Å². The third kappa shape index (κ3) is 4.02. The summed E-state index contributed by atoms with van der Waals surface area (Å²) in [5, 5.41) is 5.37. The van der Waals surface area contributed by atoms with Crippen molar-refractivity contribution >= 4 is 41.0 Å². The zero-order valence-corrected chi connectivity index (χ0v) is 13.3. The Morgan fingerprint density at radius 2 is 1.58 bits per heavy atom. The van der Waals surface area contributed by atoms with Gasteiger partial charge in [0.25, 0.3) is 0 Å². The molecule has 1 N–H and O–H groups in total. The van der Waals surface area contributed by atoms with Crippen LogP contribution in [0.5, 0.6) is 0 Å². The lowest BCUT2D eigenvalue weighted by Crippen LogP contribution is -1.96. The van der Waals surface area contributed by atoms with Crippen LogP contribution in [-0.2, 0) is 0 Å². The first kappa shape index (κ1) is 14.5. The van der Waals surface area contributed by atoms with Crippen LogP contribution in [0.2, 0.25) is 0 Å². The fourth-order valence-electron chi connectivity index (χ4n) is 1.37. The lowest BCUT2D eigenvalue weighted by atomic mass is 10.3. The predicted molar refractivity (Wildman–Crippen MR) is 83.5 cm³/mol. The van der Waals surface area contributed by atoms with E-state index in [9.17, 15) is 0 Å². The van der Waals surface area contributed by atoms with Gasteiger partial charge in [-0.15, -0.1) is 0 Å². The van der Waals surface area contributed by atoms with Crippen LogP contribution in [0.3, 0.4) is 0 Å². The van der Waals surface area contributed by atoms with Crippen LogP contribution in [0.25, 0.3) is 0 Å². The van der Waals surface area contributed by atoms with Gasteiger partial charge in [-0.05, 0) is 42.5 Å². The summed E-state index contributed by atoms with van der Waals surface area (Å²) >= 11 is 4.61. The quantitative estimate of drug-likeness (QED) is 0.848. The van der Waals surface area contributed by atoms with Crippen LogP contribution in [0.1, 0.15) is 0 Å². The monoisotopic (exact) mass is 310 g/mol. The topological polar surface area (TPSA) is 50.7 Å². The molecule has 1 aromatic carbocycles. The molecule has 2 aromatic rings. The average Bonchev–Trinajstić information content (AvgIpc) is 2.47. The molecule has 0 aliphatic rings. The largest absolute Gasteiger partial charge is 0.388 e. The van der Waals surface area contributed by atoms with E-state index in [1.165, 1.54) is 23.5 Å². The second-order valence-corrected chi connectivity index (χ2v) is 6.06. The van der Waals surface area contributed by atoms with Crippen LogP contribution in [0, 0.1) is 0 Å². The van der Waals surface area contributed by atoms with E-state index in [-0.39, 0.29) is 0 Å². The van der Waals surface area contributed by atoms with E-state index in [4.69, 9.17) is 0 Å². The SMILES string of the molecule is CNc1cccc(Sc2nc(SC)nc(SC)n2)c1. The molecule has 0 saturated carbocycles. The summed E-state index contributed by atoms with van der Waals surface area (Å²) in [6, 6.07) is 8.16. The first-order valence-corrected chi connectivity index (χ1v) is 8.81. The Labute approximate surface area is 125 Å². The molecule has 0 amide bonds. The van der Waals surface area contributed by atoms with Gasteiger partial charge in [0.1, 0.15) is 0 Å². The highest BCUT2D eigenvalue weighted by molar-refractivity contribution is 8.00. The van der Waals surface area contributed by atoms with Gasteiger partial charge in [0.15, 0.2) is 15.5 Å². The van der Waals surface area contributed by atoms with Crippen molar-refractivity contribution in [3.63, 3.8) is 0 Å². The fourth-order valence-corrected chi connectivity index (χ4v) is 3.06. The first-order valence-electron chi connectivity index (χ1n) is 5.55. The third-order valence-corrected chi connectivity index (χ3v) is 4.22. The molecule has 2 rings (SSSR count). The maximum Gasteiger partial charge on any atom is 0.197 e. The summed E-state index contributed by atoms with van der Waals surface area (Å²) in [5.74, 6) is 0. The van der Waals surface area contributed by atoms with Crippen molar-refractivity contribution in [2.75, 3.05) is 24.9 Å². The molecule has 100 valence electrons. The smallest absolute Gasteiger partial charge is 0.197 e. The van der Waals surface area contributed by atoms with Crippen LogP contribution < -0.4 is 5.32 Å². The van der Waals surface area contributed by atoms with Crippen molar-refractivity contribution < 1.29 is 0 Å². The van der Waals surface area contributed by atoms with Crippen molar-refractivity contribution in [1.29, 1.82) is 0 Å². The zero-order chi connectivity index (χ0) is 13.7. The lowest BCUT2D eigenvalue weighted by Gasteiger charge is -2.05. The molecule has 4 nitrogen and oxygen atoms in total. The summed E-state index contributed by atoms with van der Waals surface area (Å²) in [5.41, 5.74) is 1.08. The molecule has 0 atom stereocenters. The number of rotatable bonds is 5. The molecule has 0 fully saturated rings. The van der Waals surface area contributed by atoms with Crippen LogP contribution in [0.4, 0.5) is 5.69 Å². The van der Waals surface area contributed by atoms with E-state index in [0.29, 0.717) is 0 Å². The van der Waals surface area contributed by atoms with Crippen LogP contribution >= 0.6 is 35.3 Å². The van der Waals surface area contributed by atoms with Gasteiger partial charge in [-0.2, -0.15) is 15.0 Å². The van der Waals surface area contributed by atoms with Crippen molar-refractivity contribution in [3.05, 3.63) is 24.3 Å².